The van der Waals surface area contributed by atoms with Crippen LogP contribution in [-0.4, -0.2) is 19.9 Å². The molecule has 0 radical (unpaired) electrons. The van der Waals surface area contributed by atoms with E-state index in [1.54, 1.807) is 0 Å². The Kier molecular flexibility index (Phi) is 20.2. The first-order valence-electron chi connectivity index (χ1n) is 32.9. The summed E-state index contributed by atoms with van der Waals surface area (Å²) in [6.45, 7) is 6.83. The molecule has 0 N–H and O–H groups in total. The molecule has 10 aromatic rings. The molecular formula is C82H74N8Zn2. The van der Waals surface area contributed by atoms with E-state index >= 15 is 0 Å². The van der Waals surface area contributed by atoms with E-state index < -0.39 is 0 Å². The van der Waals surface area contributed by atoms with Crippen molar-refractivity contribution in [2.24, 2.45) is 0 Å². The number of aromatic nitrogens is 8. The molecule has 10 heteroatoms. The molecule has 4 aliphatic heterocycles. The molecule has 0 unspecified atom stereocenters. The number of benzene rings is 4. The van der Waals surface area contributed by atoms with Gasteiger partial charge in [-0.1, -0.05) is 242 Å². The molecule has 0 spiro atoms. The van der Waals surface area contributed by atoms with Crippen LogP contribution in [0.15, 0.2) is 164 Å². The fourth-order valence-corrected chi connectivity index (χ4v) is 13.4. The molecule has 10 heterocycles. The maximum absolute atomic E-state index is 6.01. The molecule has 6 aromatic heterocycles. The van der Waals surface area contributed by atoms with Crippen molar-refractivity contribution in [2.45, 2.75) is 117 Å². The SMILES string of the molecule is CCCCCCc1c2nc(c(CCCCCC)c3ccc([n-]3)c(-c3cc4[n-]c3c(-c3ccccc3)c3nc(c(-c5ccccc5)c5ccc([n-]5)c(-c5ccccc5)c5nc(c4-c4ccccc4)C=C5)C=C3)c3nc(c(CCCCCC)c4ccc1[n-]4)C=C3)C=C2.[Zn+2].[Zn+2]. The van der Waals surface area contributed by atoms with E-state index in [0.717, 1.165) is 221 Å². The molecule has 0 aliphatic carbocycles. The molecule has 0 saturated carbocycles. The predicted molar refractivity (Wildman–Crippen MR) is 378 cm³/mol. The minimum absolute atomic E-state index is 0. The zero-order valence-corrected chi connectivity index (χ0v) is 59.2. The first kappa shape index (κ1) is 63.5. The maximum Gasteiger partial charge on any atom is 2.00 e. The van der Waals surface area contributed by atoms with Gasteiger partial charge >= 0.3 is 39.0 Å². The Bertz CT molecular complexity index is 4760. The fourth-order valence-electron chi connectivity index (χ4n) is 13.4. The van der Waals surface area contributed by atoms with E-state index in [0.29, 0.717) is 0 Å². The third-order valence-corrected chi connectivity index (χ3v) is 18.0. The summed E-state index contributed by atoms with van der Waals surface area (Å²) >= 11 is 0. The van der Waals surface area contributed by atoms with Crippen LogP contribution in [0.2, 0.25) is 0 Å². The van der Waals surface area contributed by atoms with Crippen molar-refractivity contribution >= 4 is 92.7 Å². The van der Waals surface area contributed by atoms with Crippen LogP contribution in [0, 0.1) is 0 Å². The molecule has 14 rings (SSSR count). The summed E-state index contributed by atoms with van der Waals surface area (Å²) < 4.78 is 0. The van der Waals surface area contributed by atoms with Crippen LogP contribution >= 0.6 is 0 Å². The quantitative estimate of drug-likeness (QED) is 0.0548. The van der Waals surface area contributed by atoms with Crippen LogP contribution in [0.3, 0.4) is 0 Å². The number of hydrogen-bond donors (Lipinski definition) is 0. The molecule has 0 amide bonds. The van der Waals surface area contributed by atoms with Crippen molar-refractivity contribution in [3.63, 3.8) is 0 Å². The summed E-state index contributed by atoms with van der Waals surface area (Å²) in [5.41, 5.74) is 26.8. The summed E-state index contributed by atoms with van der Waals surface area (Å²) in [5.74, 6) is 0. The third kappa shape index (κ3) is 13.1. The van der Waals surface area contributed by atoms with Crippen LogP contribution in [0.25, 0.3) is 148 Å². The second kappa shape index (κ2) is 29.3. The number of rotatable bonds is 20. The van der Waals surface area contributed by atoms with Crippen molar-refractivity contribution in [1.82, 2.24) is 39.9 Å². The topological polar surface area (TPSA) is 108 Å². The molecule has 0 fully saturated rings. The number of hydrogen-bond acceptors (Lipinski definition) is 4. The van der Waals surface area contributed by atoms with E-state index in [4.69, 9.17) is 39.9 Å². The monoisotopic (exact) mass is 1300 g/mol. The zero-order chi connectivity index (χ0) is 60.8. The Labute approximate surface area is 566 Å². The number of fused-ring (bicyclic) bond motifs is 16. The van der Waals surface area contributed by atoms with Crippen molar-refractivity contribution in [3.8, 4) is 55.6 Å². The van der Waals surface area contributed by atoms with Gasteiger partial charge in [0.05, 0.1) is 45.6 Å². The van der Waals surface area contributed by atoms with Gasteiger partial charge in [0.25, 0.3) is 0 Å². The standard InChI is InChI=1S/C82H74N8.2Zn/c1-4-7-10-25-36-58-62-39-41-64(83-62)59(37-26-11-8-5-2)66-43-45-74(85-66)81(75-46-44-67(86-75)60(38-27-12-9-6-3)65-42-40-63(58)84-65)61-53-76-79(56-32-21-15-22-33-56)72-50-49-70(88-72)77(54-28-17-13-18-29-54)68-47-48-69(87-68)78(55-30-19-14-20-31-55)71-51-52-73(89-71)80(82(61)90-76)57-34-23-16-24-35-57;;/h13-24,28-35,39-53H,4-12,25-27,36-38H2,1-3H3;;/q-4;2*+2. The number of nitrogens with zero attached hydrogens (tertiary/aromatic N) is 8. The van der Waals surface area contributed by atoms with Crippen molar-refractivity contribution in [1.29, 1.82) is 0 Å². The van der Waals surface area contributed by atoms with E-state index in [2.05, 4.69) is 233 Å². The summed E-state index contributed by atoms with van der Waals surface area (Å²) in [6.07, 6.45) is 33.8. The van der Waals surface area contributed by atoms with Gasteiger partial charge in [-0.15, -0.1) is 44.1 Å². The molecule has 0 atom stereocenters. The van der Waals surface area contributed by atoms with Gasteiger partial charge in [-0.3, -0.25) is 0 Å². The van der Waals surface area contributed by atoms with Crippen LogP contribution in [0.5, 0.6) is 0 Å². The summed E-state index contributed by atoms with van der Waals surface area (Å²) in [5, 5.41) is 0. The van der Waals surface area contributed by atoms with Gasteiger partial charge in [-0.25, -0.2) is 19.9 Å². The first-order chi connectivity index (χ1) is 44.5. The minimum Gasteiger partial charge on any atom is -0.657 e. The van der Waals surface area contributed by atoms with E-state index in [1.807, 2.05) is 0 Å². The average Bonchev–Trinajstić information content (AvgIpc) is 1.63. The van der Waals surface area contributed by atoms with Crippen LogP contribution in [0.4, 0.5) is 0 Å². The summed E-state index contributed by atoms with van der Waals surface area (Å²) in [7, 11) is 0. The van der Waals surface area contributed by atoms with Gasteiger partial charge in [0.2, 0.25) is 0 Å². The molecule has 4 aromatic carbocycles. The Morgan fingerprint density at radius 1 is 0.261 bits per heavy atom. The third-order valence-electron chi connectivity index (χ3n) is 18.0. The average molecular weight is 1300 g/mol. The van der Waals surface area contributed by atoms with Crippen molar-refractivity contribution < 1.29 is 39.0 Å². The molecule has 92 heavy (non-hydrogen) atoms. The number of aryl methyl sites for hydroxylation is 3. The van der Waals surface area contributed by atoms with Gasteiger partial charge in [0.1, 0.15) is 0 Å². The Hall–Kier alpha value is -8.67. The second-order valence-corrected chi connectivity index (χ2v) is 24.1. The first-order valence-corrected chi connectivity index (χ1v) is 32.9. The molecule has 446 valence electrons. The molecule has 4 aliphatic rings. The van der Waals surface area contributed by atoms with Crippen LogP contribution in [0.1, 0.15) is 160 Å². The Morgan fingerprint density at radius 2 is 0.543 bits per heavy atom. The van der Waals surface area contributed by atoms with E-state index in [-0.39, 0.29) is 39.0 Å². The van der Waals surface area contributed by atoms with E-state index in [9.17, 15) is 0 Å². The van der Waals surface area contributed by atoms with Gasteiger partial charge in [0.15, 0.2) is 0 Å². The zero-order valence-electron chi connectivity index (χ0n) is 53.3. The van der Waals surface area contributed by atoms with Crippen molar-refractivity contribution in [2.75, 3.05) is 0 Å². The number of unbranched alkanes of at least 4 members (excludes halogenated alkanes) is 9. The Balaban J connectivity index is 0.00000408. The Morgan fingerprint density at radius 3 is 0.935 bits per heavy atom. The smallest absolute Gasteiger partial charge is 0.657 e. The van der Waals surface area contributed by atoms with Gasteiger partial charge in [0, 0.05) is 0 Å². The van der Waals surface area contributed by atoms with Gasteiger partial charge < -0.3 is 19.9 Å². The van der Waals surface area contributed by atoms with Gasteiger partial charge in [-0.05, 0) is 159 Å². The van der Waals surface area contributed by atoms with Gasteiger partial charge in [-0.2, -0.15) is 0 Å². The molecule has 8 nitrogen and oxygen atoms in total. The normalized spacial score (nSPS) is 12.2. The van der Waals surface area contributed by atoms with Crippen LogP contribution < -0.4 is 19.9 Å². The molecular weight excluding hydrogens is 1230 g/mol. The molecule has 0 saturated heterocycles. The van der Waals surface area contributed by atoms with Crippen molar-refractivity contribution in [3.05, 3.63) is 226 Å². The minimum atomic E-state index is 0. The summed E-state index contributed by atoms with van der Waals surface area (Å²) in [4.78, 5) is 45.7. The maximum atomic E-state index is 6.01. The van der Waals surface area contributed by atoms with Crippen LogP contribution in [-0.2, 0) is 58.2 Å². The second-order valence-electron chi connectivity index (χ2n) is 24.1. The largest absolute Gasteiger partial charge is 2.00 e. The molecule has 16 bridgehead atoms. The fraction of sp³-hybridized carbons (Fsp3) is 0.220. The predicted octanol–water partition coefficient (Wildman–Crippen LogP) is 20.8. The van der Waals surface area contributed by atoms with E-state index in [1.165, 1.54) is 37.7 Å². The summed E-state index contributed by atoms with van der Waals surface area (Å²) in [6, 6.07) is 57.7.